The predicted molar refractivity (Wildman–Crippen MR) is 74.8 cm³/mol. The van der Waals surface area contributed by atoms with Crippen LogP contribution in [-0.2, 0) is 9.53 Å². The average molecular weight is 260 g/mol. The fourth-order valence-electron chi connectivity index (χ4n) is 2.14. The lowest BCUT2D eigenvalue weighted by molar-refractivity contribution is -0.145. The Hall–Kier alpha value is -2.02. The Bertz CT molecular complexity index is 505. The molecule has 1 unspecified atom stereocenters. The lowest BCUT2D eigenvalue weighted by Gasteiger charge is -2.30. The highest BCUT2D eigenvalue weighted by Gasteiger charge is 2.34. The van der Waals surface area contributed by atoms with Crippen LogP contribution >= 0.6 is 0 Å². The van der Waals surface area contributed by atoms with Crippen molar-refractivity contribution >= 4 is 11.7 Å². The van der Waals surface area contributed by atoms with Crippen molar-refractivity contribution in [2.24, 2.45) is 0 Å². The van der Waals surface area contributed by atoms with Crippen LogP contribution in [0.5, 0.6) is 0 Å². The van der Waals surface area contributed by atoms with Crippen molar-refractivity contribution in [2.75, 3.05) is 12.4 Å². The molecule has 1 rings (SSSR count). The van der Waals surface area contributed by atoms with E-state index in [1.54, 1.807) is 13.0 Å². The normalized spacial score (nSPS) is 13.2. The fourth-order valence-corrected chi connectivity index (χ4v) is 2.14. The Balaban J connectivity index is 3.18. The molecular weight excluding hydrogens is 240 g/mol. The smallest absolute Gasteiger partial charge is 0.331 e. The van der Waals surface area contributed by atoms with Crippen molar-refractivity contribution in [3.63, 3.8) is 0 Å². The summed E-state index contributed by atoms with van der Waals surface area (Å²) in [6.45, 7) is 5.72. The van der Waals surface area contributed by atoms with Gasteiger partial charge in [0.05, 0.1) is 18.4 Å². The number of nitrogens with zero attached hydrogens (tertiary/aromatic N) is 1. The molecule has 1 aromatic carbocycles. The van der Waals surface area contributed by atoms with Gasteiger partial charge in [0.15, 0.2) is 0 Å². The summed E-state index contributed by atoms with van der Waals surface area (Å²) in [4.78, 5) is 12.0. The number of rotatable bonds is 5. The standard InChI is InChI=1S/C15H20N2O2/c1-5-9-15(3,14(18)19-4)17-13-11(2)7-6-8-12(13)10-16/h6-8,17H,5,9H2,1-4H3. The third-order valence-corrected chi connectivity index (χ3v) is 3.18. The molecular formula is C15H20N2O2. The maximum atomic E-state index is 12.0. The molecule has 0 spiro atoms. The predicted octanol–water partition coefficient (Wildman–Crippen LogP) is 3.01. The van der Waals surface area contributed by atoms with E-state index in [0.29, 0.717) is 17.7 Å². The Morgan fingerprint density at radius 3 is 2.74 bits per heavy atom. The van der Waals surface area contributed by atoms with E-state index >= 15 is 0 Å². The van der Waals surface area contributed by atoms with Gasteiger partial charge in [0.2, 0.25) is 0 Å². The number of ether oxygens (including phenoxy) is 1. The van der Waals surface area contributed by atoms with Gasteiger partial charge in [0.25, 0.3) is 0 Å². The number of aryl methyl sites for hydroxylation is 1. The van der Waals surface area contributed by atoms with Gasteiger partial charge in [0, 0.05) is 0 Å². The first-order valence-corrected chi connectivity index (χ1v) is 6.34. The molecule has 0 saturated heterocycles. The van der Waals surface area contributed by atoms with Crippen molar-refractivity contribution in [3.05, 3.63) is 29.3 Å². The van der Waals surface area contributed by atoms with Gasteiger partial charge >= 0.3 is 5.97 Å². The first-order valence-electron chi connectivity index (χ1n) is 6.34. The average Bonchev–Trinajstić information content (AvgIpc) is 2.40. The van der Waals surface area contributed by atoms with Crippen molar-refractivity contribution in [3.8, 4) is 6.07 Å². The number of nitriles is 1. The minimum absolute atomic E-state index is 0.318. The zero-order chi connectivity index (χ0) is 14.5. The highest BCUT2D eigenvalue weighted by Crippen LogP contribution is 2.27. The maximum Gasteiger partial charge on any atom is 0.331 e. The molecule has 0 aliphatic carbocycles. The number of carbonyl (C=O) groups excluding carboxylic acids is 1. The topological polar surface area (TPSA) is 62.1 Å². The molecule has 4 nitrogen and oxygen atoms in total. The molecule has 0 saturated carbocycles. The number of hydrogen-bond acceptors (Lipinski definition) is 4. The Morgan fingerprint density at radius 1 is 1.53 bits per heavy atom. The number of anilines is 1. The number of nitrogens with one attached hydrogen (secondary N) is 1. The number of hydrogen-bond donors (Lipinski definition) is 1. The van der Waals surface area contributed by atoms with Crippen molar-refractivity contribution in [1.82, 2.24) is 0 Å². The van der Waals surface area contributed by atoms with Gasteiger partial charge < -0.3 is 10.1 Å². The van der Waals surface area contributed by atoms with Gasteiger partial charge in [-0.2, -0.15) is 5.26 Å². The van der Waals surface area contributed by atoms with Gasteiger partial charge in [0.1, 0.15) is 11.6 Å². The summed E-state index contributed by atoms with van der Waals surface area (Å²) in [6.07, 6.45) is 1.48. The molecule has 0 aliphatic rings. The van der Waals surface area contributed by atoms with Gasteiger partial charge in [-0.25, -0.2) is 4.79 Å². The first kappa shape index (κ1) is 15.0. The molecule has 0 heterocycles. The van der Waals surface area contributed by atoms with Gasteiger partial charge in [-0.15, -0.1) is 0 Å². The molecule has 102 valence electrons. The maximum absolute atomic E-state index is 12.0. The summed E-state index contributed by atoms with van der Waals surface area (Å²) in [6, 6.07) is 7.62. The van der Waals surface area contributed by atoms with Crippen molar-refractivity contribution < 1.29 is 9.53 Å². The van der Waals surface area contributed by atoms with E-state index in [1.807, 2.05) is 26.0 Å². The Kier molecular flexibility index (Phi) is 4.94. The molecule has 0 bridgehead atoms. The van der Waals surface area contributed by atoms with Crippen molar-refractivity contribution in [1.29, 1.82) is 5.26 Å². The fraction of sp³-hybridized carbons (Fsp3) is 0.467. The van der Waals surface area contributed by atoms with Crippen LogP contribution in [0.1, 0.15) is 37.8 Å². The zero-order valence-corrected chi connectivity index (χ0v) is 11.9. The quantitative estimate of drug-likeness (QED) is 0.827. The van der Waals surface area contributed by atoms with Crippen LogP contribution in [0.15, 0.2) is 18.2 Å². The molecule has 0 aromatic heterocycles. The van der Waals surface area contributed by atoms with Crippen molar-refractivity contribution in [2.45, 2.75) is 39.2 Å². The largest absolute Gasteiger partial charge is 0.467 e. The van der Waals surface area contributed by atoms with E-state index in [-0.39, 0.29) is 5.97 Å². The molecule has 4 heteroatoms. The van der Waals surface area contributed by atoms with Crippen LogP contribution in [0.4, 0.5) is 5.69 Å². The van der Waals surface area contributed by atoms with Crippen LogP contribution in [-0.4, -0.2) is 18.6 Å². The summed E-state index contributed by atoms with van der Waals surface area (Å²) >= 11 is 0. The number of benzene rings is 1. The summed E-state index contributed by atoms with van der Waals surface area (Å²) in [5.74, 6) is -0.318. The molecule has 1 aromatic rings. The number of esters is 1. The summed E-state index contributed by atoms with van der Waals surface area (Å²) in [5.41, 5.74) is 1.35. The third-order valence-electron chi connectivity index (χ3n) is 3.18. The van der Waals surface area contributed by atoms with Crippen LogP contribution in [0, 0.1) is 18.3 Å². The molecule has 0 aliphatic heterocycles. The van der Waals surface area contributed by atoms with E-state index in [1.165, 1.54) is 7.11 Å². The molecule has 0 fully saturated rings. The number of para-hydroxylation sites is 1. The van der Waals surface area contributed by atoms with Gasteiger partial charge in [-0.05, 0) is 31.9 Å². The van der Waals surface area contributed by atoms with E-state index in [2.05, 4.69) is 11.4 Å². The Morgan fingerprint density at radius 2 is 2.21 bits per heavy atom. The molecule has 1 N–H and O–H groups in total. The van der Waals surface area contributed by atoms with E-state index in [0.717, 1.165) is 12.0 Å². The lowest BCUT2D eigenvalue weighted by Crippen LogP contribution is -2.44. The van der Waals surface area contributed by atoms with Crippen LogP contribution < -0.4 is 5.32 Å². The SMILES string of the molecule is CCCC(C)(Nc1c(C)cccc1C#N)C(=O)OC. The summed E-state index contributed by atoms with van der Waals surface area (Å²) in [5, 5.41) is 12.4. The van der Waals surface area contributed by atoms with Crippen LogP contribution in [0.3, 0.4) is 0 Å². The second-order valence-electron chi connectivity index (χ2n) is 4.81. The second-order valence-corrected chi connectivity index (χ2v) is 4.81. The minimum atomic E-state index is -0.818. The van der Waals surface area contributed by atoms with E-state index < -0.39 is 5.54 Å². The van der Waals surface area contributed by atoms with E-state index in [4.69, 9.17) is 10.00 Å². The van der Waals surface area contributed by atoms with Gasteiger partial charge in [-0.1, -0.05) is 25.5 Å². The molecule has 19 heavy (non-hydrogen) atoms. The number of methoxy groups -OCH3 is 1. The highest BCUT2D eigenvalue weighted by atomic mass is 16.5. The van der Waals surface area contributed by atoms with Crippen LogP contribution in [0.2, 0.25) is 0 Å². The minimum Gasteiger partial charge on any atom is -0.467 e. The zero-order valence-electron chi connectivity index (χ0n) is 11.9. The van der Waals surface area contributed by atoms with Gasteiger partial charge in [-0.3, -0.25) is 0 Å². The second kappa shape index (κ2) is 6.24. The summed E-state index contributed by atoms with van der Waals surface area (Å²) < 4.78 is 4.87. The molecule has 0 amide bonds. The lowest BCUT2D eigenvalue weighted by atomic mass is 9.94. The Labute approximate surface area is 114 Å². The molecule has 0 radical (unpaired) electrons. The van der Waals surface area contributed by atoms with Crippen LogP contribution in [0.25, 0.3) is 0 Å². The highest BCUT2D eigenvalue weighted by molar-refractivity contribution is 5.85. The third kappa shape index (κ3) is 3.25. The van der Waals surface area contributed by atoms with E-state index in [9.17, 15) is 4.79 Å². The number of carbonyl (C=O) groups is 1. The monoisotopic (exact) mass is 260 g/mol. The molecule has 1 atom stereocenters. The first-order chi connectivity index (χ1) is 8.98. The summed E-state index contributed by atoms with van der Waals surface area (Å²) in [7, 11) is 1.38.